The van der Waals surface area contributed by atoms with E-state index in [1.54, 1.807) is 0 Å². The largest absolute Gasteiger partial charge is 0.355 e. The van der Waals surface area contributed by atoms with Crippen LogP contribution in [0.5, 0.6) is 0 Å². The first-order chi connectivity index (χ1) is 9.83. The molecule has 0 saturated heterocycles. The van der Waals surface area contributed by atoms with E-state index in [0.29, 0.717) is 0 Å². The lowest BCUT2D eigenvalue weighted by Crippen LogP contribution is -1.92. The fourth-order valence-corrected chi connectivity index (χ4v) is 2.37. The molecule has 0 fully saturated rings. The maximum absolute atomic E-state index is 6.09. The third kappa shape index (κ3) is 2.84. The first kappa shape index (κ1) is 12.8. The Bertz CT molecular complexity index is 707. The minimum absolute atomic E-state index is 0.747. The molecule has 3 aromatic rings. The first-order valence-corrected chi connectivity index (χ1v) is 6.88. The molecule has 20 heavy (non-hydrogen) atoms. The third-order valence-corrected chi connectivity index (χ3v) is 3.35. The highest BCUT2D eigenvalue weighted by Crippen LogP contribution is 2.31. The van der Waals surface area contributed by atoms with Gasteiger partial charge in [0.1, 0.15) is 0 Å². The second-order valence-electron chi connectivity index (χ2n) is 4.55. The zero-order valence-corrected chi connectivity index (χ0v) is 11.6. The molecule has 98 valence electrons. The van der Waals surface area contributed by atoms with E-state index in [9.17, 15) is 0 Å². The summed E-state index contributed by atoms with van der Waals surface area (Å²) in [4.78, 5) is 0. The predicted molar refractivity (Wildman–Crippen MR) is 86.6 cm³/mol. The monoisotopic (exact) mass is 279 g/mol. The summed E-state index contributed by atoms with van der Waals surface area (Å²) in [5.41, 5.74) is 4.39. The van der Waals surface area contributed by atoms with Gasteiger partial charge in [-0.15, -0.1) is 0 Å². The number of halogens is 1. The molecule has 0 heterocycles. The normalized spacial score (nSPS) is 10.2. The van der Waals surface area contributed by atoms with Crippen molar-refractivity contribution in [1.29, 1.82) is 0 Å². The van der Waals surface area contributed by atoms with E-state index < -0.39 is 0 Å². The standard InChI is InChI=1S/C18H14ClN/c19-15-8-6-7-14(13-15)17-11-4-5-12-18(17)20-16-9-2-1-3-10-16/h1-13,20H. The quantitative estimate of drug-likeness (QED) is 0.643. The number of hydrogen-bond acceptors (Lipinski definition) is 1. The highest BCUT2D eigenvalue weighted by molar-refractivity contribution is 6.30. The summed E-state index contributed by atoms with van der Waals surface area (Å²) in [5.74, 6) is 0. The minimum Gasteiger partial charge on any atom is -0.355 e. The van der Waals surface area contributed by atoms with E-state index in [0.717, 1.165) is 27.5 Å². The fourth-order valence-electron chi connectivity index (χ4n) is 2.18. The fraction of sp³-hybridized carbons (Fsp3) is 0. The maximum Gasteiger partial charge on any atom is 0.0463 e. The van der Waals surface area contributed by atoms with Crippen molar-refractivity contribution in [3.63, 3.8) is 0 Å². The number of benzene rings is 3. The van der Waals surface area contributed by atoms with Crippen molar-refractivity contribution in [2.45, 2.75) is 0 Å². The molecule has 0 spiro atoms. The Morgan fingerprint density at radius 2 is 1.45 bits per heavy atom. The van der Waals surface area contributed by atoms with Gasteiger partial charge in [-0.25, -0.2) is 0 Å². The van der Waals surface area contributed by atoms with Gasteiger partial charge in [-0.2, -0.15) is 0 Å². The van der Waals surface area contributed by atoms with Gasteiger partial charge in [-0.1, -0.05) is 60.1 Å². The number of hydrogen-bond donors (Lipinski definition) is 1. The van der Waals surface area contributed by atoms with Crippen LogP contribution in [0.3, 0.4) is 0 Å². The topological polar surface area (TPSA) is 12.0 Å². The molecule has 0 unspecified atom stereocenters. The molecule has 0 atom stereocenters. The van der Waals surface area contributed by atoms with Crippen molar-refractivity contribution in [1.82, 2.24) is 0 Å². The molecular weight excluding hydrogens is 266 g/mol. The van der Waals surface area contributed by atoms with Crippen LogP contribution in [0.2, 0.25) is 5.02 Å². The Morgan fingerprint density at radius 3 is 2.25 bits per heavy atom. The first-order valence-electron chi connectivity index (χ1n) is 6.50. The lowest BCUT2D eigenvalue weighted by Gasteiger charge is -2.12. The van der Waals surface area contributed by atoms with Crippen LogP contribution in [0, 0.1) is 0 Å². The maximum atomic E-state index is 6.09. The summed E-state index contributed by atoms with van der Waals surface area (Å²) in [6, 6.07) is 26.3. The summed E-state index contributed by atoms with van der Waals surface area (Å²) in [6.07, 6.45) is 0. The van der Waals surface area contributed by atoms with E-state index in [1.165, 1.54) is 0 Å². The molecule has 1 nitrogen and oxygen atoms in total. The van der Waals surface area contributed by atoms with Crippen LogP contribution >= 0.6 is 11.6 Å². The van der Waals surface area contributed by atoms with Gasteiger partial charge in [0.05, 0.1) is 0 Å². The zero-order chi connectivity index (χ0) is 13.8. The molecule has 1 N–H and O–H groups in total. The number of nitrogens with one attached hydrogen (secondary N) is 1. The molecule has 0 aromatic heterocycles. The van der Waals surface area contributed by atoms with Gasteiger partial charge in [0, 0.05) is 22.0 Å². The zero-order valence-electron chi connectivity index (χ0n) is 10.9. The van der Waals surface area contributed by atoms with Crippen LogP contribution < -0.4 is 5.32 Å². The van der Waals surface area contributed by atoms with Crippen molar-refractivity contribution in [3.8, 4) is 11.1 Å². The Hall–Kier alpha value is -2.25. The van der Waals surface area contributed by atoms with Crippen molar-refractivity contribution in [2.75, 3.05) is 5.32 Å². The lowest BCUT2D eigenvalue weighted by atomic mass is 10.0. The molecule has 0 bridgehead atoms. The van der Waals surface area contributed by atoms with Gasteiger partial charge in [-0.05, 0) is 35.9 Å². The Balaban J connectivity index is 2.00. The van der Waals surface area contributed by atoms with Crippen LogP contribution in [0.15, 0.2) is 78.9 Å². The predicted octanol–water partition coefficient (Wildman–Crippen LogP) is 5.75. The third-order valence-electron chi connectivity index (χ3n) is 3.12. The molecule has 2 heteroatoms. The molecular formula is C18H14ClN. The van der Waals surface area contributed by atoms with Gasteiger partial charge in [0.2, 0.25) is 0 Å². The lowest BCUT2D eigenvalue weighted by molar-refractivity contribution is 1.53. The molecule has 0 aliphatic heterocycles. The summed E-state index contributed by atoms with van der Waals surface area (Å²) >= 11 is 6.09. The smallest absolute Gasteiger partial charge is 0.0463 e. The van der Waals surface area contributed by atoms with E-state index in [1.807, 2.05) is 48.5 Å². The number of anilines is 2. The highest BCUT2D eigenvalue weighted by Gasteiger charge is 2.05. The SMILES string of the molecule is Clc1cccc(-c2ccccc2Nc2ccccc2)c1. The van der Waals surface area contributed by atoms with Gasteiger partial charge in [0.15, 0.2) is 0 Å². The van der Waals surface area contributed by atoms with Crippen molar-refractivity contribution in [3.05, 3.63) is 83.9 Å². The van der Waals surface area contributed by atoms with Crippen molar-refractivity contribution in [2.24, 2.45) is 0 Å². The Kier molecular flexibility index (Phi) is 3.71. The van der Waals surface area contributed by atoms with Crippen LogP contribution in [0.4, 0.5) is 11.4 Å². The molecule has 0 aliphatic carbocycles. The average Bonchev–Trinajstić information content (AvgIpc) is 2.49. The van der Waals surface area contributed by atoms with Gasteiger partial charge in [0.25, 0.3) is 0 Å². The van der Waals surface area contributed by atoms with Crippen LogP contribution in [-0.4, -0.2) is 0 Å². The van der Waals surface area contributed by atoms with Crippen LogP contribution in [0.1, 0.15) is 0 Å². The van der Waals surface area contributed by atoms with Crippen molar-refractivity contribution >= 4 is 23.0 Å². The molecule has 0 amide bonds. The van der Waals surface area contributed by atoms with E-state index in [4.69, 9.17) is 11.6 Å². The van der Waals surface area contributed by atoms with E-state index >= 15 is 0 Å². The minimum atomic E-state index is 0.747. The van der Waals surface area contributed by atoms with Gasteiger partial charge >= 0.3 is 0 Å². The molecule has 0 aliphatic rings. The summed E-state index contributed by atoms with van der Waals surface area (Å²) in [7, 11) is 0. The van der Waals surface area contributed by atoms with E-state index in [2.05, 4.69) is 35.6 Å². The molecule has 3 aromatic carbocycles. The molecule has 3 rings (SSSR count). The Labute approximate surface area is 123 Å². The summed E-state index contributed by atoms with van der Waals surface area (Å²) in [6.45, 7) is 0. The van der Waals surface area contributed by atoms with Gasteiger partial charge < -0.3 is 5.32 Å². The molecule has 0 saturated carbocycles. The second-order valence-corrected chi connectivity index (χ2v) is 4.98. The van der Waals surface area contributed by atoms with Gasteiger partial charge in [-0.3, -0.25) is 0 Å². The van der Waals surface area contributed by atoms with Crippen molar-refractivity contribution < 1.29 is 0 Å². The summed E-state index contributed by atoms with van der Waals surface area (Å²) in [5, 5.41) is 4.19. The average molecular weight is 280 g/mol. The van der Waals surface area contributed by atoms with E-state index in [-0.39, 0.29) is 0 Å². The Morgan fingerprint density at radius 1 is 0.700 bits per heavy atom. The summed E-state index contributed by atoms with van der Waals surface area (Å²) < 4.78 is 0. The molecule has 0 radical (unpaired) electrons. The number of rotatable bonds is 3. The number of para-hydroxylation sites is 2. The van der Waals surface area contributed by atoms with Crippen LogP contribution in [0.25, 0.3) is 11.1 Å². The highest BCUT2D eigenvalue weighted by atomic mass is 35.5. The second kappa shape index (κ2) is 5.81. The van der Waals surface area contributed by atoms with Crippen LogP contribution in [-0.2, 0) is 0 Å².